The molecule has 0 N–H and O–H groups in total. The van der Waals surface area contributed by atoms with Gasteiger partial charge in [-0.1, -0.05) is 177 Å². The summed E-state index contributed by atoms with van der Waals surface area (Å²) in [5, 5.41) is 4.61. The number of hydrogen-bond donors (Lipinski definition) is 0. The van der Waals surface area contributed by atoms with E-state index in [2.05, 4.69) is 128 Å². The number of fused-ring (bicyclic) bond motifs is 3. The van der Waals surface area contributed by atoms with Gasteiger partial charge in [-0.15, -0.1) is 0 Å². The first-order valence-electron chi connectivity index (χ1n) is 18.1. The highest BCUT2D eigenvalue weighted by atomic mass is 15.0. The van der Waals surface area contributed by atoms with E-state index in [1.54, 1.807) is 0 Å². The van der Waals surface area contributed by atoms with E-state index in [-0.39, 0.29) is 0 Å². The van der Waals surface area contributed by atoms with Gasteiger partial charge in [0.25, 0.3) is 0 Å². The maximum Gasteiger partial charge on any atom is 0.164 e. The molecule has 1 heterocycles. The van der Waals surface area contributed by atoms with Gasteiger partial charge in [-0.2, -0.15) is 0 Å². The molecule has 254 valence electrons. The Kier molecular flexibility index (Phi) is 8.51. The molecule has 0 fully saturated rings. The summed E-state index contributed by atoms with van der Waals surface area (Å²) < 4.78 is 0. The summed E-state index contributed by atoms with van der Waals surface area (Å²) in [6, 6.07) is 61.3. The van der Waals surface area contributed by atoms with Crippen LogP contribution in [0.1, 0.15) is 11.1 Å². The smallest absolute Gasteiger partial charge is 0.164 e. The quantitative estimate of drug-likeness (QED) is 0.149. The predicted molar refractivity (Wildman–Crippen MR) is 228 cm³/mol. The third kappa shape index (κ3) is 5.98. The fourth-order valence-electron chi connectivity index (χ4n) is 7.50. The molecule has 0 radical (unpaired) electrons. The molecule has 0 saturated heterocycles. The van der Waals surface area contributed by atoms with Crippen molar-refractivity contribution >= 4 is 33.7 Å². The van der Waals surface area contributed by atoms with Gasteiger partial charge >= 0.3 is 0 Å². The lowest BCUT2D eigenvalue weighted by atomic mass is 9.86. The molecule has 0 spiro atoms. The van der Waals surface area contributed by atoms with E-state index < -0.39 is 0 Å². The van der Waals surface area contributed by atoms with Crippen molar-refractivity contribution in [1.82, 2.24) is 15.0 Å². The first-order chi connectivity index (χ1) is 26.7. The van der Waals surface area contributed by atoms with Crippen LogP contribution in [0.3, 0.4) is 0 Å². The second-order valence-corrected chi connectivity index (χ2v) is 13.3. The minimum Gasteiger partial charge on any atom is -0.208 e. The molecule has 54 heavy (non-hydrogen) atoms. The molecule has 8 aromatic carbocycles. The lowest BCUT2D eigenvalue weighted by Crippen LogP contribution is -2.00. The maximum absolute atomic E-state index is 5.15. The maximum atomic E-state index is 5.15. The van der Waals surface area contributed by atoms with Crippen molar-refractivity contribution in [2.45, 2.75) is 0 Å². The van der Waals surface area contributed by atoms with Crippen LogP contribution in [0.2, 0.25) is 0 Å². The number of aromatic nitrogens is 3. The minimum absolute atomic E-state index is 0.607. The zero-order chi connectivity index (χ0) is 36.4. The third-order valence-corrected chi connectivity index (χ3v) is 10.0. The standard InChI is InChI=1S/C51H35N3/c1-3-42-43(4-2)46-29-17-28-44(48(46)47-27-15-14-26-45(42)47)40-31-39(38-25-16-24-37(30-38)34-18-8-5-9-19-34)32-41(33-40)51-53-49(35-20-10-6-11-21-35)52-50(54-51)36-22-12-7-13-23-36/h3-33H,1-2H2. The first kappa shape index (κ1) is 32.7. The summed E-state index contributed by atoms with van der Waals surface area (Å²) in [4.78, 5) is 15.3. The van der Waals surface area contributed by atoms with Crippen LogP contribution in [0.15, 0.2) is 189 Å². The molecule has 0 aliphatic rings. The van der Waals surface area contributed by atoms with E-state index in [0.717, 1.165) is 66.4 Å². The average Bonchev–Trinajstić information content (AvgIpc) is 3.26. The van der Waals surface area contributed by atoms with Crippen LogP contribution in [0.5, 0.6) is 0 Å². The normalized spacial score (nSPS) is 11.1. The summed E-state index contributed by atoms with van der Waals surface area (Å²) in [6.45, 7) is 8.42. The molecule has 0 atom stereocenters. The number of nitrogens with zero attached hydrogens (tertiary/aromatic N) is 3. The summed E-state index contributed by atoms with van der Waals surface area (Å²) in [5.41, 5.74) is 11.6. The predicted octanol–water partition coefficient (Wildman–Crippen LogP) is 13.5. The number of hydrogen-bond acceptors (Lipinski definition) is 3. The van der Waals surface area contributed by atoms with Gasteiger partial charge in [0.2, 0.25) is 0 Å². The van der Waals surface area contributed by atoms with Gasteiger partial charge in [0.15, 0.2) is 17.5 Å². The molecule has 9 aromatic rings. The van der Waals surface area contributed by atoms with E-state index >= 15 is 0 Å². The summed E-state index contributed by atoms with van der Waals surface area (Å²) in [7, 11) is 0. The van der Waals surface area contributed by atoms with E-state index in [4.69, 9.17) is 15.0 Å². The third-order valence-electron chi connectivity index (χ3n) is 10.0. The fraction of sp³-hybridized carbons (Fsp3) is 0. The van der Waals surface area contributed by atoms with Crippen molar-refractivity contribution in [2.24, 2.45) is 0 Å². The Hall–Kier alpha value is -7.23. The lowest BCUT2D eigenvalue weighted by Gasteiger charge is -2.18. The van der Waals surface area contributed by atoms with Crippen LogP contribution in [-0.2, 0) is 0 Å². The molecule has 3 nitrogen and oxygen atoms in total. The molecular weight excluding hydrogens is 655 g/mol. The Labute approximate surface area is 315 Å². The van der Waals surface area contributed by atoms with Gasteiger partial charge in [0.1, 0.15) is 0 Å². The Bertz CT molecular complexity index is 2780. The highest BCUT2D eigenvalue weighted by Gasteiger charge is 2.18. The van der Waals surface area contributed by atoms with Gasteiger partial charge in [-0.3, -0.25) is 0 Å². The van der Waals surface area contributed by atoms with E-state index in [1.165, 1.54) is 16.3 Å². The number of benzene rings is 8. The van der Waals surface area contributed by atoms with Crippen LogP contribution in [0, 0.1) is 0 Å². The van der Waals surface area contributed by atoms with Gasteiger partial charge in [0, 0.05) is 16.7 Å². The van der Waals surface area contributed by atoms with Crippen LogP contribution in [-0.4, -0.2) is 15.0 Å². The molecule has 1 aromatic heterocycles. The SMILES string of the molecule is C=Cc1c(C=C)c2cccc(-c3cc(-c4cccc(-c5ccccc5)c4)cc(-c4nc(-c5ccccc5)nc(-c5ccccc5)n4)c3)c2c2ccccc12. The first-order valence-corrected chi connectivity index (χ1v) is 18.1. The van der Waals surface area contributed by atoms with Crippen LogP contribution in [0.25, 0.3) is 101 Å². The summed E-state index contributed by atoms with van der Waals surface area (Å²) >= 11 is 0. The Morgan fingerprint density at radius 3 is 1.33 bits per heavy atom. The van der Waals surface area contributed by atoms with E-state index in [0.29, 0.717) is 17.5 Å². The highest BCUT2D eigenvalue weighted by molar-refractivity contribution is 6.19. The van der Waals surface area contributed by atoms with Crippen LogP contribution >= 0.6 is 0 Å². The van der Waals surface area contributed by atoms with Gasteiger partial charge < -0.3 is 0 Å². The molecule has 0 aliphatic carbocycles. The van der Waals surface area contributed by atoms with Crippen molar-refractivity contribution in [1.29, 1.82) is 0 Å². The summed E-state index contributed by atoms with van der Waals surface area (Å²) in [5.74, 6) is 1.86. The van der Waals surface area contributed by atoms with E-state index in [1.807, 2.05) is 72.8 Å². The Morgan fingerprint density at radius 1 is 0.315 bits per heavy atom. The second kappa shape index (κ2) is 14.1. The molecule has 0 amide bonds. The van der Waals surface area contributed by atoms with Crippen LogP contribution in [0.4, 0.5) is 0 Å². The number of rotatable bonds is 8. The van der Waals surface area contributed by atoms with Gasteiger partial charge in [-0.05, 0) is 90.3 Å². The van der Waals surface area contributed by atoms with Gasteiger partial charge in [0.05, 0.1) is 0 Å². The van der Waals surface area contributed by atoms with Crippen molar-refractivity contribution < 1.29 is 0 Å². The lowest BCUT2D eigenvalue weighted by molar-refractivity contribution is 1.07. The molecule has 0 aliphatic heterocycles. The van der Waals surface area contributed by atoms with Crippen molar-refractivity contribution in [3.63, 3.8) is 0 Å². The Balaban J connectivity index is 1.34. The molecule has 9 rings (SSSR count). The molecule has 0 unspecified atom stereocenters. The highest BCUT2D eigenvalue weighted by Crippen LogP contribution is 2.42. The summed E-state index contributed by atoms with van der Waals surface area (Å²) in [6.07, 6.45) is 3.90. The minimum atomic E-state index is 0.607. The molecule has 3 heteroatoms. The topological polar surface area (TPSA) is 38.7 Å². The molecule has 0 saturated carbocycles. The van der Waals surface area contributed by atoms with Gasteiger partial charge in [-0.25, -0.2) is 15.0 Å². The fourth-order valence-corrected chi connectivity index (χ4v) is 7.50. The average molecular weight is 690 g/mol. The van der Waals surface area contributed by atoms with Crippen molar-refractivity contribution in [3.05, 3.63) is 200 Å². The zero-order valence-electron chi connectivity index (χ0n) is 29.7. The van der Waals surface area contributed by atoms with Crippen molar-refractivity contribution in [2.75, 3.05) is 0 Å². The van der Waals surface area contributed by atoms with E-state index in [9.17, 15) is 0 Å². The molecule has 0 bridgehead atoms. The van der Waals surface area contributed by atoms with Crippen molar-refractivity contribution in [3.8, 4) is 67.5 Å². The second-order valence-electron chi connectivity index (χ2n) is 13.3. The largest absolute Gasteiger partial charge is 0.208 e. The molecular formula is C51H35N3. The Morgan fingerprint density at radius 2 is 0.722 bits per heavy atom. The monoisotopic (exact) mass is 689 g/mol. The zero-order valence-corrected chi connectivity index (χ0v) is 29.7. The van der Waals surface area contributed by atoms with Crippen LogP contribution < -0.4 is 0 Å².